The second-order valence-electron chi connectivity index (χ2n) is 7.99. The second kappa shape index (κ2) is 7.64. The van der Waals surface area contributed by atoms with Crippen LogP contribution in [0.2, 0.25) is 0 Å². The molecular weight excluding hydrogens is 359 g/mol. The highest BCUT2D eigenvalue weighted by molar-refractivity contribution is 5.76. The van der Waals surface area contributed by atoms with Crippen LogP contribution in [-0.4, -0.2) is 59.5 Å². The fourth-order valence-corrected chi connectivity index (χ4v) is 4.35. The van der Waals surface area contributed by atoms with Crippen molar-refractivity contribution in [2.75, 3.05) is 33.2 Å². The van der Waals surface area contributed by atoms with Crippen LogP contribution in [-0.2, 0) is 11.3 Å². The fraction of sp³-hybridized carbons (Fsp3) is 0.524. The molecule has 0 radical (unpaired) electrons. The highest BCUT2D eigenvalue weighted by atomic mass is 19.1. The Hall–Kier alpha value is -2.25. The third kappa shape index (κ3) is 3.82. The van der Waals surface area contributed by atoms with E-state index in [1.54, 1.807) is 12.1 Å². The Morgan fingerprint density at radius 3 is 3.00 bits per heavy atom. The van der Waals surface area contributed by atoms with Crippen molar-refractivity contribution in [1.29, 1.82) is 0 Å². The minimum Gasteiger partial charge on any atom is -0.441 e. The van der Waals surface area contributed by atoms with Gasteiger partial charge < -0.3 is 9.73 Å². The molecule has 1 aromatic heterocycles. The lowest BCUT2D eigenvalue weighted by Crippen LogP contribution is -2.60. The lowest BCUT2D eigenvalue weighted by Gasteiger charge is -2.49. The van der Waals surface area contributed by atoms with Crippen molar-refractivity contribution in [2.45, 2.75) is 38.3 Å². The number of hydrogen-bond donors (Lipinski definition) is 1. The van der Waals surface area contributed by atoms with Gasteiger partial charge in [-0.3, -0.25) is 14.6 Å². The minimum atomic E-state index is -0.299. The van der Waals surface area contributed by atoms with Crippen LogP contribution >= 0.6 is 0 Å². The molecule has 1 unspecified atom stereocenters. The average molecular weight is 386 g/mol. The predicted molar refractivity (Wildman–Crippen MR) is 104 cm³/mol. The summed E-state index contributed by atoms with van der Waals surface area (Å²) in [4.78, 5) is 21.3. The van der Waals surface area contributed by atoms with Gasteiger partial charge in [0.1, 0.15) is 11.6 Å². The van der Waals surface area contributed by atoms with Crippen molar-refractivity contribution >= 4 is 5.91 Å². The largest absolute Gasteiger partial charge is 0.441 e. The van der Waals surface area contributed by atoms with E-state index in [4.69, 9.17) is 4.42 Å². The van der Waals surface area contributed by atoms with Crippen LogP contribution in [0.3, 0.4) is 0 Å². The molecule has 2 aliphatic heterocycles. The number of piperazine rings is 1. The van der Waals surface area contributed by atoms with Gasteiger partial charge in [0.25, 0.3) is 0 Å². The first-order chi connectivity index (χ1) is 13.4. The Balaban J connectivity index is 1.50. The summed E-state index contributed by atoms with van der Waals surface area (Å²) >= 11 is 0. The number of oxazole rings is 1. The maximum absolute atomic E-state index is 13.5. The van der Waals surface area contributed by atoms with Gasteiger partial charge in [-0.25, -0.2) is 9.37 Å². The Morgan fingerprint density at radius 1 is 1.32 bits per heavy atom. The standard InChI is InChI=1S/C21H27FN4O2/c1-15-18(24-20(28-15)16-4-3-5-17(22)12-16)13-26-11-10-25(2)21(14-26)7-6-19(27)23-9-8-21/h3-5,12H,6-11,13-14H2,1-2H3,(H,23,27). The number of rotatable bonds is 3. The zero-order valence-electron chi connectivity index (χ0n) is 16.5. The van der Waals surface area contributed by atoms with Crippen LogP contribution in [0.4, 0.5) is 4.39 Å². The number of aryl methyl sites for hydroxylation is 1. The number of carbonyl (C=O) groups excluding carboxylic acids is 1. The highest BCUT2D eigenvalue weighted by Crippen LogP contribution is 2.31. The van der Waals surface area contributed by atoms with Crippen molar-refractivity contribution < 1.29 is 13.6 Å². The third-order valence-corrected chi connectivity index (χ3v) is 6.15. The zero-order chi connectivity index (χ0) is 19.7. The number of nitrogens with one attached hydrogen (secondary N) is 1. The summed E-state index contributed by atoms with van der Waals surface area (Å²) in [5.74, 6) is 1.08. The summed E-state index contributed by atoms with van der Waals surface area (Å²) < 4.78 is 19.3. The van der Waals surface area contributed by atoms with Gasteiger partial charge in [-0.2, -0.15) is 0 Å². The van der Waals surface area contributed by atoms with Crippen molar-refractivity contribution in [3.8, 4) is 11.5 Å². The molecule has 0 bridgehead atoms. The van der Waals surface area contributed by atoms with Crippen LogP contribution in [0, 0.1) is 12.7 Å². The normalized spacial score (nSPS) is 24.3. The van der Waals surface area contributed by atoms with Gasteiger partial charge in [0.2, 0.25) is 11.8 Å². The Morgan fingerprint density at radius 2 is 2.18 bits per heavy atom. The fourth-order valence-electron chi connectivity index (χ4n) is 4.35. The van der Waals surface area contributed by atoms with E-state index < -0.39 is 0 Å². The van der Waals surface area contributed by atoms with E-state index in [0.29, 0.717) is 24.4 Å². The van der Waals surface area contributed by atoms with E-state index in [0.717, 1.165) is 50.5 Å². The lowest BCUT2D eigenvalue weighted by molar-refractivity contribution is -0.121. The number of carbonyl (C=O) groups is 1. The maximum atomic E-state index is 13.5. The number of aromatic nitrogens is 1. The monoisotopic (exact) mass is 386 g/mol. The van der Waals surface area contributed by atoms with Gasteiger partial charge in [0.05, 0.1) is 5.69 Å². The number of amides is 1. The molecule has 0 saturated carbocycles. The van der Waals surface area contributed by atoms with Crippen molar-refractivity contribution in [3.05, 3.63) is 41.5 Å². The van der Waals surface area contributed by atoms with Crippen molar-refractivity contribution in [2.24, 2.45) is 0 Å². The molecule has 1 amide bonds. The van der Waals surface area contributed by atoms with E-state index in [2.05, 4.69) is 27.1 Å². The SMILES string of the molecule is Cc1oc(-c2cccc(F)c2)nc1CN1CCN(C)C2(CCNC(=O)CC2)C1. The molecule has 28 heavy (non-hydrogen) atoms. The Labute approximate surface area is 164 Å². The van der Waals surface area contributed by atoms with E-state index in [1.807, 2.05) is 6.92 Å². The first kappa shape index (κ1) is 19.1. The van der Waals surface area contributed by atoms with Gasteiger partial charge in [-0.05, 0) is 45.0 Å². The summed E-state index contributed by atoms with van der Waals surface area (Å²) in [6.07, 6.45) is 2.40. The topological polar surface area (TPSA) is 61.6 Å². The van der Waals surface area contributed by atoms with E-state index in [9.17, 15) is 9.18 Å². The summed E-state index contributed by atoms with van der Waals surface area (Å²) in [5.41, 5.74) is 1.56. The molecule has 4 rings (SSSR count). The van der Waals surface area contributed by atoms with E-state index in [1.165, 1.54) is 12.1 Å². The van der Waals surface area contributed by atoms with Crippen LogP contribution in [0.5, 0.6) is 0 Å². The van der Waals surface area contributed by atoms with Crippen LogP contribution in [0.1, 0.15) is 30.7 Å². The quantitative estimate of drug-likeness (QED) is 0.879. The zero-order valence-corrected chi connectivity index (χ0v) is 16.5. The molecule has 1 aromatic carbocycles. The molecular formula is C21H27FN4O2. The molecule has 2 aliphatic rings. The van der Waals surface area contributed by atoms with E-state index >= 15 is 0 Å². The van der Waals surface area contributed by atoms with Gasteiger partial charge in [-0.1, -0.05) is 6.07 Å². The number of nitrogens with zero attached hydrogens (tertiary/aromatic N) is 3. The van der Waals surface area contributed by atoms with Gasteiger partial charge in [0, 0.05) is 50.2 Å². The second-order valence-corrected chi connectivity index (χ2v) is 7.99. The molecule has 1 N–H and O–H groups in total. The Kier molecular flexibility index (Phi) is 5.21. The summed E-state index contributed by atoms with van der Waals surface area (Å²) in [6.45, 7) is 6.14. The summed E-state index contributed by atoms with van der Waals surface area (Å²) in [5, 5.41) is 2.99. The molecule has 2 fully saturated rings. The molecule has 150 valence electrons. The molecule has 2 aromatic rings. The van der Waals surface area contributed by atoms with Crippen LogP contribution in [0.15, 0.2) is 28.7 Å². The minimum absolute atomic E-state index is 0.0143. The summed E-state index contributed by atoms with van der Waals surface area (Å²) in [6, 6.07) is 6.32. The van der Waals surface area contributed by atoms with Crippen molar-refractivity contribution in [3.63, 3.8) is 0 Å². The molecule has 1 spiro atoms. The number of likely N-dealkylation sites (N-methyl/N-ethyl adjacent to an activating group) is 1. The molecule has 1 atom stereocenters. The first-order valence-corrected chi connectivity index (χ1v) is 9.88. The molecule has 3 heterocycles. The first-order valence-electron chi connectivity index (χ1n) is 9.88. The highest BCUT2D eigenvalue weighted by Gasteiger charge is 2.41. The molecule has 6 nitrogen and oxygen atoms in total. The molecule has 2 saturated heterocycles. The maximum Gasteiger partial charge on any atom is 0.226 e. The summed E-state index contributed by atoms with van der Waals surface area (Å²) in [7, 11) is 2.16. The van der Waals surface area contributed by atoms with Crippen molar-refractivity contribution in [1.82, 2.24) is 20.1 Å². The molecule has 0 aliphatic carbocycles. The predicted octanol–water partition coefficient (Wildman–Crippen LogP) is 2.58. The van der Waals surface area contributed by atoms with Gasteiger partial charge in [-0.15, -0.1) is 0 Å². The van der Waals surface area contributed by atoms with Crippen LogP contribution < -0.4 is 5.32 Å². The van der Waals surface area contributed by atoms with Gasteiger partial charge in [0.15, 0.2) is 0 Å². The average Bonchev–Trinajstić information content (AvgIpc) is 2.92. The number of benzene rings is 1. The number of hydrogen-bond acceptors (Lipinski definition) is 5. The lowest BCUT2D eigenvalue weighted by atomic mass is 9.86. The van der Waals surface area contributed by atoms with Gasteiger partial charge >= 0.3 is 0 Å². The Bertz CT molecular complexity index is 868. The smallest absolute Gasteiger partial charge is 0.226 e. The van der Waals surface area contributed by atoms with E-state index in [-0.39, 0.29) is 17.3 Å². The van der Waals surface area contributed by atoms with Crippen LogP contribution in [0.25, 0.3) is 11.5 Å². The number of halogens is 1. The molecule has 7 heteroatoms. The third-order valence-electron chi connectivity index (χ3n) is 6.15.